The summed E-state index contributed by atoms with van der Waals surface area (Å²) < 4.78 is 5.33. The monoisotopic (exact) mass is 798 g/mol. The Hall–Kier alpha value is -0.790. The lowest BCUT2D eigenvalue weighted by Gasteiger charge is -2.07. The second-order valence-electron chi connectivity index (χ2n) is 19.1. The van der Waals surface area contributed by atoms with E-state index in [-0.39, 0.29) is 0 Å². The number of imidazole rings is 1. The lowest BCUT2D eigenvalue weighted by Crippen LogP contribution is -2.37. The van der Waals surface area contributed by atoms with Gasteiger partial charge in [0.2, 0.25) is 0 Å². The molecule has 0 bridgehead atoms. The maximum Gasteiger partial charge on any atom is 0.256 e. The molecule has 1 heterocycles. The van der Waals surface area contributed by atoms with Crippen LogP contribution in [-0.4, -0.2) is 4.57 Å². The van der Waals surface area contributed by atoms with Crippen molar-refractivity contribution in [2.24, 2.45) is 0 Å². The fourth-order valence-corrected chi connectivity index (χ4v) is 9.33. The van der Waals surface area contributed by atoms with E-state index in [0.29, 0.717) is 0 Å². The van der Waals surface area contributed by atoms with Crippen LogP contribution in [0.15, 0.2) is 12.4 Å². The number of aromatic nitrogens is 2. The maximum absolute atomic E-state index is 2.67. The van der Waals surface area contributed by atoms with Gasteiger partial charge in [-0.2, -0.15) is 0 Å². The predicted molar refractivity (Wildman–Crippen MR) is 258 cm³/mol. The van der Waals surface area contributed by atoms with Crippen molar-refractivity contribution in [3.05, 3.63) is 18.2 Å². The Bertz CT molecular complexity index is 872. The van der Waals surface area contributed by atoms with E-state index in [1.165, 1.54) is 315 Å². The summed E-state index contributed by atoms with van der Waals surface area (Å²) in [6, 6.07) is 0. The van der Waals surface area contributed by atoms with Crippen molar-refractivity contribution in [1.82, 2.24) is 4.57 Å². The minimum atomic E-state index is 1.23. The van der Waals surface area contributed by atoms with Gasteiger partial charge in [-0.3, -0.25) is 0 Å². The van der Waals surface area contributed by atoms with Gasteiger partial charge in [-0.25, -0.2) is 9.13 Å². The maximum atomic E-state index is 2.67. The fourth-order valence-electron chi connectivity index (χ4n) is 9.33. The SMILES string of the molecule is CCCCCCCCCCCCCCCCCCCn1cc[n+](CCCCCCCCCCCCCCC)c1CCCCCCCCCCCCCCCCCC. The van der Waals surface area contributed by atoms with Gasteiger partial charge < -0.3 is 0 Å². The van der Waals surface area contributed by atoms with Gasteiger partial charge in [-0.1, -0.05) is 284 Å². The summed E-state index contributed by atoms with van der Waals surface area (Å²) in [6.07, 6.45) is 72.8. The Labute approximate surface area is 361 Å². The van der Waals surface area contributed by atoms with E-state index in [1.54, 1.807) is 5.82 Å². The molecule has 1 aromatic heterocycles. The lowest BCUT2D eigenvalue weighted by molar-refractivity contribution is -0.704. The molecule has 0 saturated carbocycles. The molecule has 0 aliphatic rings. The van der Waals surface area contributed by atoms with E-state index in [1.807, 2.05) is 0 Å². The molecule has 0 unspecified atom stereocenters. The molecule has 1 aromatic rings. The summed E-state index contributed by atoms with van der Waals surface area (Å²) in [5, 5.41) is 0. The van der Waals surface area contributed by atoms with Crippen LogP contribution in [0.5, 0.6) is 0 Å². The van der Waals surface area contributed by atoms with E-state index in [9.17, 15) is 0 Å². The molecule has 0 aliphatic carbocycles. The Morgan fingerprint density at radius 2 is 0.544 bits per heavy atom. The Morgan fingerprint density at radius 1 is 0.298 bits per heavy atom. The summed E-state index contributed by atoms with van der Waals surface area (Å²) in [5.41, 5.74) is 0. The molecule has 2 nitrogen and oxygen atoms in total. The van der Waals surface area contributed by atoms with Crippen LogP contribution in [-0.2, 0) is 19.5 Å². The molecule has 0 saturated heterocycles. The minimum absolute atomic E-state index is 1.23. The van der Waals surface area contributed by atoms with Crippen LogP contribution >= 0.6 is 0 Å². The molecule has 0 aliphatic heterocycles. The minimum Gasteiger partial charge on any atom is -0.234 e. The van der Waals surface area contributed by atoms with Crippen molar-refractivity contribution in [1.29, 1.82) is 0 Å². The third-order valence-electron chi connectivity index (χ3n) is 13.3. The Kier molecular flexibility index (Phi) is 44.0. The second-order valence-corrected chi connectivity index (χ2v) is 19.1. The first kappa shape index (κ1) is 54.2. The number of nitrogens with zero attached hydrogens (tertiary/aromatic N) is 2. The predicted octanol–water partition coefficient (Wildman–Crippen LogP) is 19.3. The van der Waals surface area contributed by atoms with Crippen LogP contribution in [0.25, 0.3) is 0 Å². The van der Waals surface area contributed by atoms with Crippen LogP contribution in [0.1, 0.15) is 322 Å². The van der Waals surface area contributed by atoms with E-state index >= 15 is 0 Å². The summed E-state index contributed by atoms with van der Waals surface area (Å²) in [6.45, 7) is 9.42. The molecular weight excluding hydrogens is 689 g/mol. The Morgan fingerprint density at radius 3 is 0.842 bits per heavy atom. The summed E-state index contributed by atoms with van der Waals surface area (Å²) in [4.78, 5) is 0. The van der Waals surface area contributed by atoms with Crippen molar-refractivity contribution >= 4 is 0 Å². The molecule has 0 N–H and O–H groups in total. The first-order valence-corrected chi connectivity index (χ1v) is 27.4. The van der Waals surface area contributed by atoms with Gasteiger partial charge in [0.15, 0.2) is 0 Å². The van der Waals surface area contributed by atoms with Crippen molar-refractivity contribution in [3.8, 4) is 0 Å². The number of rotatable bonds is 49. The van der Waals surface area contributed by atoms with Gasteiger partial charge in [-0.15, -0.1) is 0 Å². The van der Waals surface area contributed by atoms with E-state index in [2.05, 4.69) is 42.3 Å². The van der Waals surface area contributed by atoms with Gasteiger partial charge in [-0.05, 0) is 32.1 Å². The van der Waals surface area contributed by atoms with Crippen molar-refractivity contribution in [2.75, 3.05) is 0 Å². The average molecular weight is 798 g/mol. The molecule has 1 rings (SSSR count). The summed E-state index contributed by atoms with van der Waals surface area (Å²) in [7, 11) is 0. The zero-order chi connectivity index (χ0) is 40.8. The zero-order valence-electron chi connectivity index (χ0n) is 40.2. The molecule has 0 radical (unpaired) electrons. The molecule has 0 amide bonds. The highest BCUT2D eigenvalue weighted by Gasteiger charge is 2.16. The van der Waals surface area contributed by atoms with E-state index in [4.69, 9.17) is 0 Å². The average Bonchev–Trinajstić information content (AvgIpc) is 3.61. The molecule has 2 heteroatoms. The molecule has 0 atom stereocenters. The standard InChI is InChI=1S/C55H109N2/c1-4-7-10-13-16-19-22-25-27-29-31-34-37-40-43-46-49-52-57-54-53-56(51-48-45-42-39-36-33-24-21-18-15-12-9-6-3)55(57)50-47-44-41-38-35-32-30-28-26-23-20-17-14-11-8-5-2/h53-54H,4-52H2,1-3H3/q+1. The summed E-state index contributed by atoms with van der Waals surface area (Å²) in [5.74, 6) is 1.63. The highest BCUT2D eigenvalue weighted by atomic mass is 15.1. The summed E-state index contributed by atoms with van der Waals surface area (Å²) >= 11 is 0. The van der Waals surface area contributed by atoms with E-state index < -0.39 is 0 Å². The largest absolute Gasteiger partial charge is 0.256 e. The number of aryl methyl sites for hydroxylation is 2. The fraction of sp³-hybridized carbons (Fsp3) is 0.945. The van der Waals surface area contributed by atoms with Gasteiger partial charge in [0.05, 0.1) is 13.1 Å². The van der Waals surface area contributed by atoms with Gasteiger partial charge in [0.1, 0.15) is 12.4 Å². The molecule has 0 fully saturated rings. The third kappa shape index (κ3) is 37.9. The van der Waals surface area contributed by atoms with Crippen molar-refractivity contribution in [2.45, 2.75) is 336 Å². The quantitative estimate of drug-likeness (QED) is 0.0459. The number of unbranched alkanes of at least 4 members (excludes halogenated alkanes) is 43. The van der Waals surface area contributed by atoms with Crippen molar-refractivity contribution in [3.63, 3.8) is 0 Å². The van der Waals surface area contributed by atoms with Crippen molar-refractivity contribution < 1.29 is 4.57 Å². The highest BCUT2D eigenvalue weighted by molar-refractivity contribution is 4.84. The van der Waals surface area contributed by atoms with Crippen LogP contribution < -0.4 is 4.57 Å². The van der Waals surface area contributed by atoms with Crippen LogP contribution in [0.2, 0.25) is 0 Å². The normalized spacial score (nSPS) is 11.7. The number of hydrogen-bond acceptors (Lipinski definition) is 0. The molecule has 338 valence electrons. The van der Waals surface area contributed by atoms with Crippen LogP contribution in [0.4, 0.5) is 0 Å². The first-order chi connectivity index (χ1) is 28.3. The molecule has 0 spiro atoms. The second kappa shape index (κ2) is 46.3. The van der Waals surface area contributed by atoms with Gasteiger partial charge in [0, 0.05) is 6.42 Å². The number of hydrogen-bond donors (Lipinski definition) is 0. The molecule has 57 heavy (non-hydrogen) atoms. The molecule has 0 aromatic carbocycles. The van der Waals surface area contributed by atoms with Crippen LogP contribution in [0, 0.1) is 0 Å². The first-order valence-electron chi connectivity index (χ1n) is 27.4. The molecular formula is C55H109N2+. The van der Waals surface area contributed by atoms with Gasteiger partial charge in [0.25, 0.3) is 5.82 Å². The van der Waals surface area contributed by atoms with Crippen LogP contribution in [0.3, 0.4) is 0 Å². The smallest absolute Gasteiger partial charge is 0.234 e. The zero-order valence-corrected chi connectivity index (χ0v) is 40.2. The Balaban J connectivity index is 2.24. The van der Waals surface area contributed by atoms with Gasteiger partial charge >= 0.3 is 0 Å². The third-order valence-corrected chi connectivity index (χ3v) is 13.3. The van der Waals surface area contributed by atoms with E-state index in [0.717, 1.165) is 0 Å². The highest BCUT2D eigenvalue weighted by Crippen LogP contribution is 2.18. The topological polar surface area (TPSA) is 8.81 Å². The lowest BCUT2D eigenvalue weighted by atomic mass is 10.0.